The van der Waals surface area contributed by atoms with Crippen molar-refractivity contribution in [2.24, 2.45) is 5.73 Å². The van der Waals surface area contributed by atoms with E-state index in [2.05, 4.69) is 43.1 Å². The lowest BCUT2D eigenvalue weighted by Crippen LogP contribution is -2.21. The molecule has 1 unspecified atom stereocenters. The molecule has 0 spiro atoms. The van der Waals surface area contributed by atoms with Gasteiger partial charge < -0.3 is 10.6 Å². The minimum absolute atomic E-state index is 0.0823. The number of anilines is 2. The molecular formula is C17H21ClN2. The van der Waals surface area contributed by atoms with Gasteiger partial charge in [0, 0.05) is 29.5 Å². The summed E-state index contributed by atoms with van der Waals surface area (Å²) in [4.78, 5) is 2.18. The summed E-state index contributed by atoms with van der Waals surface area (Å²) in [5, 5.41) is 0.778. The van der Waals surface area contributed by atoms with E-state index in [-0.39, 0.29) is 6.04 Å². The molecule has 2 rings (SSSR count). The predicted octanol–water partition coefficient (Wildman–Crippen LogP) is 4.31. The highest BCUT2D eigenvalue weighted by Gasteiger charge is 2.14. The standard InChI is InChI=1S/C17H21ClN2/c1-12-7-4-5-9-16(12)20(3)17-10-6-8-15(18)14(17)11-13(2)19/h4-10,13H,11,19H2,1-3H3. The maximum atomic E-state index is 6.36. The Labute approximate surface area is 126 Å². The Morgan fingerprint density at radius 1 is 1.10 bits per heavy atom. The van der Waals surface area contributed by atoms with Crippen molar-refractivity contribution < 1.29 is 0 Å². The Bertz CT molecular complexity index is 593. The van der Waals surface area contributed by atoms with Crippen LogP contribution in [0, 0.1) is 6.92 Å². The zero-order chi connectivity index (χ0) is 14.7. The molecule has 2 aromatic carbocycles. The smallest absolute Gasteiger partial charge is 0.0459 e. The van der Waals surface area contributed by atoms with Crippen LogP contribution in [-0.2, 0) is 6.42 Å². The summed E-state index contributed by atoms with van der Waals surface area (Å²) in [5.74, 6) is 0. The molecule has 106 valence electrons. The van der Waals surface area contributed by atoms with Crippen molar-refractivity contribution in [3.05, 3.63) is 58.6 Å². The third-order valence-corrected chi connectivity index (χ3v) is 3.81. The number of halogens is 1. The van der Waals surface area contributed by atoms with Gasteiger partial charge in [-0.15, -0.1) is 0 Å². The normalized spacial score (nSPS) is 12.2. The molecular weight excluding hydrogens is 268 g/mol. The van der Waals surface area contributed by atoms with Crippen molar-refractivity contribution >= 4 is 23.0 Å². The van der Waals surface area contributed by atoms with E-state index in [9.17, 15) is 0 Å². The Kier molecular flexibility index (Phi) is 4.69. The number of benzene rings is 2. The summed E-state index contributed by atoms with van der Waals surface area (Å²) in [6.07, 6.45) is 0.769. The van der Waals surface area contributed by atoms with Gasteiger partial charge in [-0.3, -0.25) is 0 Å². The second kappa shape index (κ2) is 6.29. The summed E-state index contributed by atoms with van der Waals surface area (Å²) in [6, 6.07) is 14.4. The fraction of sp³-hybridized carbons (Fsp3) is 0.294. The molecule has 0 bridgehead atoms. The lowest BCUT2D eigenvalue weighted by atomic mass is 10.0. The van der Waals surface area contributed by atoms with Crippen LogP contribution in [0.25, 0.3) is 0 Å². The number of nitrogens with zero attached hydrogens (tertiary/aromatic N) is 1. The zero-order valence-electron chi connectivity index (χ0n) is 12.2. The maximum absolute atomic E-state index is 6.36. The molecule has 0 fully saturated rings. The molecule has 0 aliphatic rings. The second-order valence-electron chi connectivity index (χ2n) is 5.26. The molecule has 0 aliphatic carbocycles. The van der Waals surface area contributed by atoms with E-state index < -0.39 is 0 Å². The van der Waals surface area contributed by atoms with Gasteiger partial charge in [0.2, 0.25) is 0 Å². The molecule has 0 amide bonds. The van der Waals surface area contributed by atoms with Crippen LogP contribution < -0.4 is 10.6 Å². The number of aryl methyl sites for hydroxylation is 1. The van der Waals surface area contributed by atoms with Crippen LogP contribution in [-0.4, -0.2) is 13.1 Å². The number of hydrogen-bond donors (Lipinski definition) is 1. The highest BCUT2D eigenvalue weighted by Crippen LogP contribution is 2.33. The van der Waals surface area contributed by atoms with E-state index in [1.54, 1.807) is 0 Å². The van der Waals surface area contributed by atoms with Crippen LogP contribution in [0.5, 0.6) is 0 Å². The Morgan fingerprint density at radius 3 is 2.40 bits per heavy atom. The van der Waals surface area contributed by atoms with E-state index in [1.807, 2.05) is 25.1 Å². The molecule has 0 aromatic heterocycles. The minimum atomic E-state index is 0.0823. The van der Waals surface area contributed by atoms with E-state index in [1.165, 1.54) is 11.3 Å². The highest BCUT2D eigenvalue weighted by molar-refractivity contribution is 6.31. The molecule has 0 radical (unpaired) electrons. The first kappa shape index (κ1) is 14.9. The van der Waals surface area contributed by atoms with Crippen molar-refractivity contribution in [2.45, 2.75) is 26.3 Å². The number of rotatable bonds is 4. The number of hydrogen-bond acceptors (Lipinski definition) is 2. The van der Waals surface area contributed by atoms with Crippen molar-refractivity contribution in [1.29, 1.82) is 0 Å². The fourth-order valence-electron chi connectivity index (χ4n) is 2.46. The second-order valence-corrected chi connectivity index (χ2v) is 5.67. The lowest BCUT2D eigenvalue weighted by Gasteiger charge is -2.25. The van der Waals surface area contributed by atoms with Gasteiger partial charge in [0.1, 0.15) is 0 Å². The molecule has 1 atom stereocenters. The summed E-state index contributed by atoms with van der Waals surface area (Å²) in [5.41, 5.74) is 10.6. The molecule has 0 heterocycles. The van der Waals surface area contributed by atoms with Gasteiger partial charge in [-0.2, -0.15) is 0 Å². The summed E-state index contributed by atoms with van der Waals surface area (Å²) >= 11 is 6.36. The third kappa shape index (κ3) is 3.14. The van der Waals surface area contributed by atoms with Crippen LogP contribution in [0.4, 0.5) is 11.4 Å². The van der Waals surface area contributed by atoms with Crippen molar-refractivity contribution in [3.8, 4) is 0 Å². The predicted molar refractivity (Wildman–Crippen MR) is 88.0 cm³/mol. The Hall–Kier alpha value is -1.51. The van der Waals surface area contributed by atoms with Gasteiger partial charge >= 0.3 is 0 Å². The van der Waals surface area contributed by atoms with Crippen molar-refractivity contribution in [3.63, 3.8) is 0 Å². The van der Waals surface area contributed by atoms with Gasteiger partial charge in [-0.05, 0) is 49.6 Å². The fourth-order valence-corrected chi connectivity index (χ4v) is 2.70. The van der Waals surface area contributed by atoms with Crippen LogP contribution in [0.1, 0.15) is 18.1 Å². The topological polar surface area (TPSA) is 29.3 Å². The van der Waals surface area contributed by atoms with Gasteiger partial charge in [-0.1, -0.05) is 35.9 Å². The van der Waals surface area contributed by atoms with E-state index in [4.69, 9.17) is 17.3 Å². The Balaban J connectivity index is 2.47. The molecule has 20 heavy (non-hydrogen) atoms. The van der Waals surface area contributed by atoms with Gasteiger partial charge in [0.05, 0.1) is 0 Å². The van der Waals surface area contributed by atoms with Crippen molar-refractivity contribution in [2.75, 3.05) is 11.9 Å². The SMILES string of the molecule is Cc1ccccc1N(C)c1cccc(Cl)c1CC(C)N. The zero-order valence-corrected chi connectivity index (χ0v) is 13.0. The van der Waals surface area contributed by atoms with Crippen LogP contribution in [0.15, 0.2) is 42.5 Å². The summed E-state index contributed by atoms with van der Waals surface area (Å²) in [6.45, 7) is 4.11. The maximum Gasteiger partial charge on any atom is 0.0459 e. The lowest BCUT2D eigenvalue weighted by molar-refractivity contribution is 0.737. The molecule has 2 nitrogen and oxygen atoms in total. The molecule has 0 aliphatic heterocycles. The highest BCUT2D eigenvalue weighted by atomic mass is 35.5. The monoisotopic (exact) mass is 288 g/mol. The first-order valence-corrected chi connectivity index (χ1v) is 7.21. The molecule has 0 saturated carbocycles. The quantitative estimate of drug-likeness (QED) is 0.908. The minimum Gasteiger partial charge on any atom is -0.344 e. The Morgan fingerprint density at radius 2 is 1.75 bits per heavy atom. The molecule has 3 heteroatoms. The van der Waals surface area contributed by atoms with E-state index in [0.29, 0.717) is 0 Å². The average Bonchev–Trinajstić information content (AvgIpc) is 2.40. The largest absolute Gasteiger partial charge is 0.344 e. The van der Waals surface area contributed by atoms with Gasteiger partial charge in [0.15, 0.2) is 0 Å². The summed E-state index contributed by atoms with van der Waals surface area (Å²) < 4.78 is 0. The van der Waals surface area contributed by atoms with E-state index in [0.717, 1.165) is 22.7 Å². The number of para-hydroxylation sites is 1. The van der Waals surface area contributed by atoms with E-state index >= 15 is 0 Å². The molecule has 2 aromatic rings. The van der Waals surface area contributed by atoms with Crippen LogP contribution in [0.3, 0.4) is 0 Å². The summed E-state index contributed by atoms with van der Waals surface area (Å²) in [7, 11) is 2.07. The first-order chi connectivity index (χ1) is 9.50. The average molecular weight is 289 g/mol. The van der Waals surface area contributed by atoms with Crippen molar-refractivity contribution in [1.82, 2.24) is 0 Å². The molecule has 0 saturated heterocycles. The first-order valence-electron chi connectivity index (χ1n) is 6.83. The van der Waals surface area contributed by atoms with Gasteiger partial charge in [0.25, 0.3) is 0 Å². The third-order valence-electron chi connectivity index (χ3n) is 3.46. The molecule has 2 N–H and O–H groups in total. The van der Waals surface area contributed by atoms with Crippen LogP contribution >= 0.6 is 11.6 Å². The van der Waals surface area contributed by atoms with Gasteiger partial charge in [-0.25, -0.2) is 0 Å². The van der Waals surface area contributed by atoms with Crippen LogP contribution in [0.2, 0.25) is 5.02 Å². The number of nitrogens with two attached hydrogens (primary N) is 1.